The number of rotatable bonds is 9. The lowest BCUT2D eigenvalue weighted by molar-refractivity contribution is 0.196. The van der Waals surface area contributed by atoms with Crippen LogP contribution in [-0.4, -0.2) is 4.86 Å². The minimum Gasteiger partial charge on any atom is -0.0900 e. The molecular weight excluding hydrogens is 200 g/mol. The first kappa shape index (κ1) is 15.1. The molecule has 0 saturated carbocycles. The van der Waals surface area contributed by atoms with Crippen molar-refractivity contribution in [2.45, 2.75) is 79.1 Å². The van der Waals surface area contributed by atoms with Crippen molar-refractivity contribution >= 4 is 17.1 Å². The third kappa shape index (κ3) is 6.29. The Morgan fingerprint density at radius 3 is 1.53 bits per heavy atom. The van der Waals surface area contributed by atoms with Gasteiger partial charge in [-0.2, -0.15) is 0 Å². The molecule has 0 spiro atoms. The van der Waals surface area contributed by atoms with Crippen molar-refractivity contribution in [3.05, 3.63) is 0 Å². The molecule has 0 atom stereocenters. The monoisotopic (exact) mass is 228 g/mol. The van der Waals surface area contributed by atoms with E-state index in [0.717, 1.165) is 6.42 Å². The number of hydrogen-bond acceptors (Lipinski definition) is 1. The molecule has 0 N–H and O–H groups in total. The molecule has 0 rings (SSSR count). The van der Waals surface area contributed by atoms with Gasteiger partial charge < -0.3 is 0 Å². The van der Waals surface area contributed by atoms with E-state index in [0.29, 0.717) is 5.41 Å². The summed E-state index contributed by atoms with van der Waals surface area (Å²) in [6.07, 6.45) is 10.6. The Labute approximate surface area is 102 Å². The molecule has 0 aliphatic carbocycles. The van der Waals surface area contributed by atoms with Crippen LogP contribution in [0, 0.1) is 5.41 Å². The average molecular weight is 228 g/mol. The molecule has 0 bridgehead atoms. The third-order valence-electron chi connectivity index (χ3n) is 3.35. The highest BCUT2D eigenvalue weighted by Gasteiger charge is 2.26. The summed E-state index contributed by atoms with van der Waals surface area (Å²) in [5.41, 5.74) is 0.596. The Bertz CT molecular complexity index is 155. The zero-order chi connectivity index (χ0) is 11.7. The Balaban J connectivity index is 4.37. The Morgan fingerprint density at radius 1 is 0.867 bits per heavy atom. The van der Waals surface area contributed by atoms with E-state index in [1.165, 1.54) is 49.8 Å². The first-order chi connectivity index (χ1) is 7.10. The lowest BCUT2D eigenvalue weighted by Gasteiger charge is -2.33. The van der Waals surface area contributed by atoms with E-state index in [-0.39, 0.29) is 0 Å². The van der Waals surface area contributed by atoms with Gasteiger partial charge in [-0.25, -0.2) is 0 Å². The van der Waals surface area contributed by atoms with E-state index in [2.05, 4.69) is 27.7 Å². The lowest BCUT2D eigenvalue weighted by atomic mass is 9.72. The van der Waals surface area contributed by atoms with Crippen LogP contribution < -0.4 is 0 Å². The first-order valence-corrected chi connectivity index (χ1v) is 7.00. The van der Waals surface area contributed by atoms with Gasteiger partial charge in [0.15, 0.2) is 0 Å². The third-order valence-corrected chi connectivity index (χ3v) is 3.55. The van der Waals surface area contributed by atoms with Crippen molar-refractivity contribution in [2.75, 3.05) is 0 Å². The largest absolute Gasteiger partial charge is 0.0900 e. The second-order valence-electron chi connectivity index (χ2n) is 4.95. The van der Waals surface area contributed by atoms with Crippen LogP contribution in [0.25, 0.3) is 0 Å². The van der Waals surface area contributed by atoms with Crippen LogP contribution in [-0.2, 0) is 0 Å². The van der Waals surface area contributed by atoms with Crippen LogP contribution in [0.2, 0.25) is 0 Å². The SMILES string of the molecule is CCCC(CCC)(CCC)CCC(C)=S. The van der Waals surface area contributed by atoms with Gasteiger partial charge in [-0.1, -0.05) is 52.3 Å². The van der Waals surface area contributed by atoms with Crippen molar-refractivity contribution < 1.29 is 0 Å². The predicted octanol–water partition coefficient (Wildman–Crippen LogP) is 5.54. The average Bonchev–Trinajstić information content (AvgIpc) is 2.16. The fraction of sp³-hybridized carbons (Fsp3) is 0.929. The van der Waals surface area contributed by atoms with Crippen molar-refractivity contribution in [3.8, 4) is 0 Å². The van der Waals surface area contributed by atoms with E-state index < -0.39 is 0 Å². The maximum Gasteiger partial charge on any atom is -0.0102 e. The van der Waals surface area contributed by atoms with E-state index in [9.17, 15) is 0 Å². The molecule has 0 radical (unpaired) electrons. The lowest BCUT2D eigenvalue weighted by Crippen LogP contribution is -2.21. The molecule has 0 amide bonds. The van der Waals surface area contributed by atoms with Gasteiger partial charge in [0.2, 0.25) is 0 Å². The van der Waals surface area contributed by atoms with Gasteiger partial charge in [-0.15, -0.1) is 0 Å². The normalized spacial score (nSPS) is 11.7. The summed E-state index contributed by atoms with van der Waals surface area (Å²) in [7, 11) is 0. The molecule has 0 fully saturated rings. The molecule has 0 aromatic carbocycles. The van der Waals surface area contributed by atoms with Gasteiger partial charge in [0.1, 0.15) is 0 Å². The fourth-order valence-electron chi connectivity index (χ4n) is 2.78. The second-order valence-corrected chi connectivity index (χ2v) is 5.65. The minimum absolute atomic E-state index is 0.596. The zero-order valence-electron chi connectivity index (χ0n) is 11.1. The Kier molecular flexibility index (Phi) is 8.32. The van der Waals surface area contributed by atoms with Gasteiger partial charge in [0, 0.05) is 0 Å². The molecular formula is C14H28S. The molecule has 0 heterocycles. The van der Waals surface area contributed by atoms with E-state index in [4.69, 9.17) is 12.2 Å². The Morgan fingerprint density at radius 2 is 1.27 bits per heavy atom. The molecule has 0 aliphatic rings. The van der Waals surface area contributed by atoms with E-state index in [1.807, 2.05) is 0 Å². The summed E-state index contributed by atoms with van der Waals surface area (Å²) >= 11 is 5.22. The standard InChI is InChI=1S/C14H28S/c1-5-9-14(10-6-2,11-7-3)12-8-13(4)15/h5-12H2,1-4H3. The molecule has 0 aromatic heterocycles. The van der Waals surface area contributed by atoms with Crippen LogP contribution in [0.3, 0.4) is 0 Å². The molecule has 0 saturated heterocycles. The van der Waals surface area contributed by atoms with Crippen molar-refractivity contribution in [2.24, 2.45) is 5.41 Å². The highest BCUT2D eigenvalue weighted by Crippen LogP contribution is 2.39. The van der Waals surface area contributed by atoms with Gasteiger partial charge >= 0.3 is 0 Å². The molecule has 0 unspecified atom stereocenters. The molecule has 1 heteroatoms. The van der Waals surface area contributed by atoms with Crippen molar-refractivity contribution in [1.29, 1.82) is 0 Å². The summed E-state index contributed by atoms with van der Waals surface area (Å²) in [4.78, 5) is 1.18. The molecule has 15 heavy (non-hydrogen) atoms. The first-order valence-electron chi connectivity index (χ1n) is 6.59. The van der Waals surface area contributed by atoms with Crippen LogP contribution >= 0.6 is 12.2 Å². The smallest absolute Gasteiger partial charge is 0.0102 e. The van der Waals surface area contributed by atoms with Crippen LogP contribution in [0.15, 0.2) is 0 Å². The quantitative estimate of drug-likeness (QED) is 0.467. The molecule has 0 aliphatic heterocycles. The summed E-state index contributed by atoms with van der Waals surface area (Å²) < 4.78 is 0. The summed E-state index contributed by atoms with van der Waals surface area (Å²) in [6, 6.07) is 0. The minimum atomic E-state index is 0.596. The summed E-state index contributed by atoms with van der Waals surface area (Å²) in [5.74, 6) is 0. The number of hydrogen-bond donors (Lipinski definition) is 0. The number of thiocarbonyl (C=S) groups is 1. The van der Waals surface area contributed by atoms with Crippen LogP contribution in [0.4, 0.5) is 0 Å². The van der Waals surface area contributed by atoms with E-state index in [1.54, 1.807) is 0 Å². The Hall–Kier alpha value is 0.0900. The highest BCUT2D eigenvalue weighted by atomic mass is 32.1. The van der Waals surface area contributed by atoms with Gasteiger partial charge in [-0.05, 0) is 49.3 Å². The molecule has 90 valence electrons. The summed E-state index contributed by atoms with van der Waals surface area (Å²) in [5, 5.41) is 0. The highest BCUT2D eigenvalue weighted by molar-refractivity contribution is 7.80. The maximum absolute atomic E-state index is 5.22. The fourth-order valence-corrected chi connectivity index (χ4v) is 2.88. The van der Waals surface area contributed by atoms with Crippen LogP contribution in [0.5, 0.6) is 0 Å². The zero-order valence-corrected chi connectivity index (χ0v) is 11.9. The van der Waals surface area contributed by atoms with Gasteiger partial charge in [-0.3, -0.25) is 0 Å². The molecule has 0 aromatic rings. The summed E-state index contributed by atoms with van der Waals surface area (Å²) in [6.45, 7) is 9.02. The van der Waals surface area contributed by atoms with Gasteiger partial charge in [0.25, 0.3) is 0 Å². The maximum atomic E-state index is 5.22. The second kappa shape index (κ2) is 8.27. The predicted molar refractivity (Wildman–Crippen MR) is 74.7 cm³/mol. The van der Waals surface area contributed by atoms with E-state index >= 15 is 0 Å². The topological polar surface area (TPSA) is 0 Å². The van der Waals surface area contributed by atoms with Crippen molar-refractivity contribution in [1.82, 2.24) is 0 Å². The molecule has 0 nitrogen and oxygen atoms in total. The van der Waals surface area contributed by atoms with Crippen LogP contribution in [0.1, 0.15) is 79.1 Å². The van der Waals surface area contributed by atoms with Crippen molar-refractivity contribution in [3.63, 3.8) is 0 Å². The van der Waals surface area contributed by atoms with Gasteiger partial charge in [0.05, 0.1) is 0 Å².